The summed E-state index contributed by atoms with van der Waals surface area (Å²) in [5, 5.41) is 9.01. The maximum absolute atomic E-state index is 12.5. The van der Waals surface area contributed by atoms with Crippen molar-refractivity contribution in [3.63, 3.8) is 0 Å². The highest BCUT2D eigenvalue weighted by atomic mass is 16.4. The van der Waals surface area contributed by atoms with Crippen LogP contribution in [0.5, 0.6) is 0 Å². The molecule has 1 amide bonds. The highest BCUT2D eigenvalue weighted by molar-refractivity contribution is 5.97. The Kier molecular flexibility index (Phi) is 4.63. The second-order valence-electron chi connectivity index (χ2n) is 5.83. The fraction of sp³-hybridized carbons (Fsp3) is 0.500. The minimum atomic E-state index is -1.01. The predicted molar refractivity (Wildman–Crippen MR) is 80.6 cm³/mol. The number of carboxylic acids is 1. The molecule has 1 aliphatic heterocycles. The van der Waals surface area contributed by atoms with Crippen LogP contribution in [-0.4, -0.2) is 59.0 Å². The van der Waals surface area contributed by atoms with Gasteiger partial charge in [-0.1, -0.05) is 6.07 Å². The molecule has 5 heteroatoms. The van der Waals surface area contributed by atoms with Crippen LogP contribution in [0.2, 0.25) is 0 Å². The number of likely N-dealkylation sites (tertiary alicyclic amines) is 1. The fourth-order valence-corrected chi connectivity index (χ4v) is 2.71. The molecule has 21 heavy (non-hydrogen) atoms. The Bertz CT molecular complexity index is 542. The zero-order chi connectivity index (χ0) is 15.6. The second-order valence-corrected chi connectivity index (χ2v) is 5.83. The van der Waals surface area contributed by atoms with Gasteiger partial charge in [-0.25, -0.2) is 4.79 Å². The summed E-state index contributed by atoms with van der Waals surface area (Å²) in [5.41, 5.74) is 0.574. The van der Waals surface area contributed by atoms with E-state index < -0.39 is 5.97 Å². The molecule has 1 saturated heterocycles. The van der Waals surface area contributed by atoms with Crippen molar-refractivity contribution >= 4 is 11.9 Å². The molecule has 2 rings (SSSR count). The van der Waals surface area contributed by atoms with Gasteiger partial charge in [0.25, 0.3) is 5.91 Å². The van der Waals surface area contributed by atoms with Gasteiger partial charge in [0, 0.05) is 37.8 Å². The molecule has 114 valence electrons. The third-order valence-corrected chi connectivity index (χ3v) is 4.15. The van der Waals surface area contributed by atoms with E-state index in [1.807, 2.05) is 0 Å². The topological polar surface area (TPSA) is 60.9 Å². The maximum atomic E-state index is 12.5. The van der Waals surface area contributed by atoms with Crippen molar-refractivity contribution in [3.05, 3.63) is 35.4 Å². The molecule has 1 aromatic rings. The lowest BCUT2D eigenvalue weighted by atomic mass is 10.1. The molecule has 1 aliphatic rings. The number of carbonyl (C=O) groups is 2. The van der Waals surface area contributed by atoms with Gasteiger partial charge < -0.3 is 10.0 Å². The number of aromatic carboxylic acids is 1. The molecule has 1 fully saturated rings. The molecule has 1 unspecified atom stereocenters. The van der Waals surface area contributed by atoms with Crippen LogP contribution >= 0.6 is 0 Å². The van der Waals surface area contributed by atoms with E-state index >= 15 is 0 Å². The van der Waals surface area contributed by atoms with Gasteiger partial charge in [0.2, 0.25) is 0 Å². The van der Waals surface area contributed by atoms with Crippen molar-refractivity contribution < 1.29 is 14.7 Å². The second kappa shape index (κ2) is 6.26. The normalized spacial score (nSPS) is 19.0. The molecule has 0 radical (unpaired) electrons. The van der Waals surface area contributed by atoms with Crippen molar-refractivity contribution in [3.8, 4) is 0 Å². The van der Waals surface area contributed by atoms with Crippen molar-refractivity contribution in [1.82, 2.24) is 9.80 Å². The van der Waals surface area contributed by atoms with E-state index in [1.54, 1.807) is 24.1 Å². The molecular formula is C16H22N2O3. The molecule has 1 atom stereocenters. The van der Waals surface area contributed by atoms with E-state index in [9.17, 15) is 9.59 Å². The molecule has 0 aliphatic carbocycles. The molecule has 0 saturated carbocycles. The van der Waals surface area contributed by atoms with Gasteiger partial charge >= 0.3 is 5.97 Å². The van der Waals surface area contributed by atoms with Crippen molar-refractivity contribution in [1.29, 1.82) is 0 Å². The van der Waals surface area contributed by atoms with Gasteiger partial charge in [0.05, 0.1) is 5.56 Å². The van der Waals surface area contributed by atoms with Crippen LogP contribution in [-0.2, 0) is 0 Å². The number of hydrogen-bond donors (Lipinski definition) is 1. The summed E-state index contributed by atoms with van der Waals surface area (Å²) in [4.78, 5) is 27.6. The van der Waals surface area contributed by atoms with Gasteiger partial charge in [-0.15, -0.1) is 0 Å². The largest absolute Gasteiger partial charge is 0.478 e. The Morgan fingerprint density at radius 3 is 2.57 bits per heavy atom. The maximum Gasteiger partial charge on any atom is 0.335 e. The van der Waals surface area contributed by atoms with Crippen molar-refractivity contribution in [2.45, 2.75) is 32.4 Å². The van der Waals surface area contributed by atoms with Gasteiger partial charge in [0.1, 0.15) is 0 Å². The van der Waals surface area contributed by atoms with Crippen LogP contribution in [0.3, 0.4) is 0 Å². The van der Waals surface area contributed by atoms with E-state index in [0.717, 1.165) is 19.5 Å². The van der Waals surface area contributed by atoms with Crippen LogP contribution in [0.25, 0.3) is 0 Å². The first-order chi connectivity index (χ1) is 9.90. The van der Waals surface area contributed by atoms with E-state index in [1.165, 1.54) is 12.1 Å². The lowest BCUT2D eigenvalue weighted by Crippen LogP contribution is -2.40. The average Bonchev–Trinajstić information content (AvgIpc) is 2.95. The highest BCUT2D eigenvalue weighted by Gasteiger charge is 2.30. The minimum Gasteiger partial charge on any atom is -0.478 e. The van der Waals surface area contributed by atoms with E-state index in [4.69, 9.17) is 5.11 Å². The van der Waals surface area contributed by atoms with Crippen LogP contribution in [0.1, 0.15) is 41.0 Å². The van der Waals surface area contributed by atoms with Crippen LogP contribution in [0, 0.1) is 0 Å². The van der Waals surface area contributed by atoms with Gasteiger partial charge in [-0.2, -0.15) is 0 Å². The smallest absolute Gasteiger partial charge is 0.335 e. The van der Waals surface area contributed by atoms with Crippen LogP contribution in [0.4, 0.5) is 0 Å². The Morgan fingerprint density at radius 1 is 1.33 bits per heavy atom. The van der Waals surface area contributed by atoms with Gasteiger partial charge in [-0.3, -0.25) is 9.69 Å². The number of rotatable bonds is 4. The summed E-state index contributed by atoms with van der Waals surface area (Å²) in [6, 6.07) is 6.88. The van der Waals surface area contributed by atoms with Crippen molar-refractivity contribution in [2.24, 2.45) is 0 Å². The van der Waals surface area contributed by atoms with Crippen LogP contribution < -0.4 is 0 Å². The number of carboxylic acid groups (broad SMARTS) is 1. The Hall–Kier alpha value is -1.88. The number of likely N-dealkylation sites (N-methyl/N-ethyl adjacent to an activating group) is 1. The number of carbonyl (C=O) groups excluding carboxylic acids is 1. The average molecular weight is 290 g/mol. The van der Waals surface area contributed by atoms with Crippen LogP contribution in [0.15, 0.2) is 24.3 Å². The molecule has 0 spiro atoms. The van der Waals surface area contributed by atoms with E-state index in [0.29, 0.717) is 11.6 Å². The molecule has 1 aromatic carbocycles. The predicted octanol–water partition coefficient (Wildman–Crippen LogP) is 1.94. The molecule has 1 heterocycles. The Morgan fingerprint density at radius 2 is 2.00 bits per heavy atom. The summed E-state index contributed by atoms with van der Waals surface area (Å²) < 4.78 is 0. The molecule has 1 N–H and O–H groups in total. The number of nitrogens with zero attached hydrogens (tertiary/aromatic N) is 2. The first kappa shape index (κ1) is 15.5. The van der Waals surface area contributed by atoms with E-state index in [2.05, 4.69) is 18.7 Å². The van der Waals surface area contributed by atoms with E-state index in [-0.39, 0.29) is 17.5 Å². The Labute approximate surface area is 125 Å². The lowest BCUT2D eigenvalue weighted by molar-refractivity contribution is 0.0697. The zero-order valence-corrected chi connectivity index (χ0v) is 12.7. The minimum absolute atomic E-state index is 0.117. The lowest BCUT2D eigenvalue weighted by Gasteiger charge is -2.26. The monoisotopic (exact) mass is 290 g/mol. The quantitative estimate of drug-likeness (QED) is 0.920. The van der Waals surface area contributed by atoms with Crippen molar-refractivity contribution in [2.75, 3.05) is 20.1 Å². The summed E-state index contributed by atoms with van der Waals surface area (Å²) in [7, 11) is 1.80. The first-order valence-electron chi connectivity index (χ1n) is 7.24. The number of benzene rings is 1. The third-order valence-electron chi connectivity index (χ3n) is 4.15. The molecule has 0 aromatic heterocycles. The van der Waals surface area contributed by atoms with Gasteiger partial charge in [0.15, 0.2) is 0 Å². The first-order valence-corrected chi connectivity index (χ1v) is 7.24. The SMILES string of the molecule is CC(C)N1CCC(N(C)C(=O)c2cccc(C(=O)O)c2)C1. The molecule has 5 nitrogen and oxygen atoms in total. The number of hydrogen-bond acceptors (Lipinski definition) is 3. The zero-order valence-electron chi connectivity index (χ0n) is 12.7. The fourth-order valence-electron chi connectivity index (χ4n) is 2.71. The summed E-state index contributed by atoms with van der Waals surface area (Å²) in [6.07, 6.45) is 0.957. The highest BCUT2D eigenvalue weighted by Crippen LogP contribution is 2.19. The van der Waals surface area contributed by atoms with Gasteiger partial charge in [-0.05, 0) is 38.5 Å². The summed E-state index contributed by atoms with van der Waals surface area (Å²) in [6.45, 7) is 6.18. The summed E-state index contributed by atoms with van der Waals surface area (Å²) in [5.74, 6) is -1.13. The Balaban J connectivity index is 2.09. The number of amides is 1. The molecule has 0 bridgehead atoms. The molecular weight excluding hydrogens is 268 g/mol. The standard InChI is InChI=1S/C16H22N2O3/c1-11(2)18-8-7-14(10-18)17(3)15(19)12-5-4-6-13(9-12)16(20)21/h4-6,9,11,14H,7-8,10H2,1-3H3,(H,20,21). The third kappa shape index (κ3) is 3.42. The summed E-state index contributed by atoms with van der Waals surface area (Å²) >= 11 is 0.